The van der Waals surface area contributed by atoms with Crippen molar-refractivity contribution in [2.24, 2.45) is 0 Å². The molecule has 2 aliphatic rings. The molecule has 216 valence electrons. The molecule has 2 amide bonds. The van der Waals surface area contributed by atoms with Gasteiger partial charge in [0.25, 0.3) is 5.91 Å². The van der Waals surface area contributed by atoms with Crippen molar-refractivity contribution in [3.8, 4) is 0 Å². The smallest absolute Gasteiger partial charge is 0.475 e. The van der Waals surface area contributed by atoms with E-state index in [2.05, 4.69) is 10.6 Å². The molecular formula is C26H27ClF4N4O5. The Kier molecular flexibility index (Phi) is 9.41. The first-order valence-corrected chi connectivity index (χ1v) is 12.5. The van der Waals surface area contributed by atoms with Crippen molar-refractivity contribution in [3.05, 3.63) is 64.4 Å². The highest BCUT2D eigenvalue weighted by molar-refractivity contribution is 6.35. The first-order valence-electron chi connectivity index (χ1n) is 12.1. The molecule has 14 heteroatoms. The van der Waals surface area contributed by atoms with Crippen molar-refractivity contribution in [2.75, 3.05) is 11.9 Å². The Bertz CT molecular complexity index is 1290. The SMILES string of the molecule is C[C@@H]1C[C@H](N2C(=N)N[C@](C)(c3cccc(NC(=O)c4ccccc4F)c3Cl)CC2=O)CCO1.O=C(O)C(F)(F)F. The number of guanidine groups is 1. The summed E-state index contributed by atoms with van der Waals surface area (Å²) in [5.74, 6) is -4.17. The number of amides is 2. The summed E-state index contributed by atoms with van der Waals surface area (Å²) in [7, 11) is 0. The number of ether oxygens (including phenoxy) is 1. The van der Waals surface area contributed by atoms with Gasteiger partial charge in [-0.3, -0.25) is 19.9 Å². The van der Waals surface area contributed by atoms with E-state index in [1.54, 1.807) is 31.2 Å². The summed E-state index contributed by atoms with van der Waals surface area (Å²) in [6.07, 6.45) is -3.62. The largest absolute Gasteiger partial charge is 0.490 e. The maximum absolute atomic E-state index is 14.0. The van der Waals surface area contributed by atoms with E-state index in [4.69, 9.17) is 31.6 Å². The first kappa shape index (κ1) is 30.8. The molecule has 0 saturated carbocycles. The molecule has 0 bridgehead atoms. The summed E-state index contributed by atoms with van der Waals surface area (Å²) in [5, 5.41) is 21.7. The fraction of sp³-hybridized carbons (Fsp3) is 0.385. The highest BCUT2D eigenvalue weighted by atomic mass is 35.5. The molecule has 0 unspecified atom stereocenters. The maximum atomic E-state index is 14.0. The molecule has 0 aromatic heterocycles. The van der Waals surface area contributed by atoms with Gasteiger partial charge in [0.1, 0.15) is 5.82 Å². The molecule has 0 aliphatic carbocycles. The van der Waals surface area contributed by atoms with Crippen LogP contribution >= 0.6 is 11.6 Å². The lowest BCUT2D eigenvalue weighted by molar-refractivity contribution is -0.192. The molecule has 2 heterocycles. The third kappa shape index (κ3) is 7.07. The predicted octanol–water partition coefficient (Wildman–Crippen LogP) is 4.90. The van der Waals surface area contributed by atoms with Gasteiger partial charge in [0.2, 0.25) is 5.91 Å². The number of anilines is 1. The van der Waals surface area contributed by atoms with Gasteiger partial charge in [0.05, 0.1) is 34.3 Å². The van der Waals surface area contributed by atoms with Crippen molar-refractivity contribution in [1.29, 1.82) is 5.41 Å². The molecule has 2 aromatic carbocycles. The van der Waals surface area contributed by atoms with Gasteiger partial charge in [-0.2, -0.15) is 13.2 Å². The normalized spacial score (nSPS) is 23.0. The van der Waals surface area contributed by atoms with Gasteiger partial charge in [-0.05, 0) is 50.5 Å². The molecule has 2 saturated heterocycles. The number of aliphatic carboxylic acids is 1. The molecule has 2 aromatic rings. The van der Waals surface area contributed by atoms with Crippen molar-refractivity contribution in [3.63, 3.8) is 0 Å². The van der Waals surface area contributed by atoms with Gasteiger partial charge >= 0.3 is 12.1 Å². The first-order chi connectivity index (χ1) is 18.6. The van der Waals surface area contributed by atoms with Gasteiger partial charge in [-0.15, -0.1) is 0 Å². The van der Waals surface area contributed by atoms with Crippen LogP contribution in [0.25, 0.3) is 0 Å². The molecule has 4 rings (SSSR count). The number of hydrogen-bond donors (Lipinski definition) is 4. The number of carbonyl (C=O) groups excluding carboxylic acids is 2. The Labute approximate surface area is 231 Å². The van der Waals surface area contributed by atoms with Crippen molar-refractivity contribution >= 4 is 41.0 Å². The van der Waals surface area contributed by atoms with E-state index < -0.39 is 29.4 Å². The van der Waals surface area contributed by atoms with Crippen LogP contribution in [0.15, 0.2) is 42.5 Å². The standard InChI is InChI=1S/C24H26ClFN4O3.C2HF3O2/c1-14-12-15(10-11-33-14)30-20(31)13-24(2,29-23(30)27)17-7-5-9-19(21(17)25)28-22(32)16-6-3-4-8-18(16)26;3-2(4,5)1(6)7/h3-9,14-15H,10-13H2,1-2H3,(H2,27,29)(H,28,32);(H,6,7)/t14-,15-,24+;/m1./s1. The average molecular weight is 587 g/mol. The van der Waals surface area contributed by atoms with Crippen LogP contribution in [-0.4, -0.2) is 58.7 Å². The lowest BCUT2D eigenvalue weighted by Crippen LogP contribution is -2.63. The van der Waals surface area contributed by atoms with Crippen LogP contribution in [0, 0.1) is 11.2 Å². The van der Waals surface area contributed by atoms with E-state index in [1.807, 2.05) is 6.92 Å². The van der Waals surface area contributed by atoms with E-state index in [0.717, 1.165) is 0 Å². The zero-order chi connectivity index (χ0) is 29.8. The second-order valence-corrected chi connectivity index (χ2v) is 9.89. The molecule has 4 N–H and O–H groups in total. The number of rotatable bonds is 4. The minimum Gasteiger partial charge on any atom is -0.475 e. The Balaban J connectivity index is 0.000000559. The van der Waals surface area contributed by atoms with Crippen LogP contribution < -0.4 is 10.6 Å². The van der Waals surface area contributed by atoms with Crippen LogP contribution in [0.3, 0.4) is 0 Å². The van der Waals surface area contributed by atoms with Crippen molar-refractivity contribution < 1.29 is 41.8 Å². The van der Waals surface area contributed by atoms with Gasteiger partial charge in [0, 0.05) is 12.6 Å². The Morgan fingerprint density at radius 3 is 2.45 bits per heavy atom. The van der Waals surface area contributed by atoms with Crippen LogP contribution in [0.2, 0.25) is 5.02 Å². The van der Waals surface area contributed by atoms with Gasteiger partial charge in [0.15, 0.2) is 5.96 Å². The Hall–Kier alpha value is -3.71. The minimum absolute atomic E-state index is 0.0183. The van der Waals surface area contributed by atoms with Gasteiger partial charge < -0.3 is 20.5 Å². The molecular weight excluding hydrogens is 560 g/mol. The second kappa shape index (κ2) is 12.2. The predicted molar refractivity (Wildman–Crippen MR) is 138 cm³/mol. The summed E-state index contributed by atoms with van der Waals surface area (Å²) in [6, 6.07) is 10.6. The molecule has 3 atom stereocenters. The maximum Gasteiger partial charge on any atom is 0.490 e. The van der Waals surface area contributed by atoms with Gasteiger partial charge in [-0.25, -0.2) is 9.18 Å². The highest BCUT2D eigenvalue weighted by Gasteiger charge is 2.44. The van der Waals surface area contributed by atoms with E-state index in [1.165, 1.54) is 23.1 Å². The number of halogens is 5. The van der Waals surface area contributed by atoms with E-state index in [0.29, 0.717) is 30.7 Å². The van der Waals surface area contributed by atoms with E-state index >= 15 is 0 Å². The molecule has 9 nitrogen and oxygen atoms in total. The summed E-state index contributed by atoms with van der Waals surface area (Å²) in [4.78, 5) is 36.1. The summed E-state index contributed by atoms with van der Waals surface area (Å²) >= 11 is 6.64. The molecule has 2 fully saturated rings. The highest BCUT2D eigenvalue weighted by Crippen LogP contribution is 2.38. The fourth-order valence-corrected chi connectivity index (χ4v) is 4.91. The molecule has 0 spiro atoms. The van der Waals surface area contributed by atoms with E-state index in [9.17, 15) is 27.2 Å². The minimum atomic E-state index is -5.08. The lowest BCUT2D eigenvalue weighted by atomic mass is 9.85. The van der Waals surface area contributed by atoms with Crippen LogP contribution in [0.4, 0.5) is 23.2 Å². The third-order valence-corrected chi connectivity index (χ3v) is 6.84. The van der Waals surface area contributed by atoms with Crippen LogP contribution in [-0.2, 0) is 19.9 Å². The van der Waals surface area contributed by atoms with Crippen molar-refractivity contribution in [2.45, 2.75) is 57.0 Å². The second-order valence-electron chi connectivity index (χ2n) is 9.51. The number of alkyl halides is 3. The van der Waals surface area contributed by atoms with E-state index in [-0.39, 0.29) is 41.0 Å². The van der Waals surface area contributed by atoms with Gasteiger partial charge in [-0.1, -0.05) is 35.9 Å². The summed E-state index contributed by atoms with van der Waals surface area (Å²) in [6.45, 7) is 4.31. The number of nitrogens with zero attached hydrogens (tertiary/aromatic N) is 1. The number of benzene rings is 2. The summed E-state index contributed by atoms with van der Waals surface area (Å²) < 4.78 is 51.3. The number of carboxylic acids is 1. The fourth-order valence-electron chi connectivity index (χ4n) is 4.53. The zero-order valence-electron chi connectivity index (χ0n) is 21.4. The molecule has 0 radical (unpaired) electrons. The number of hydrogen-bond acceptors (Lipinski definition) is 5. The average Bonchev–Trinajstić information content (AvgIpc) is 2.84. The van der Waals surface area contributed by atoms with Crippen molar-refractivity contribution in [1.82, 2.24) is 10.2 Å². The number of nitrogens with one attached hydrogen (secondary N) is 3. The topological polar surface area (TPSA) is 132 Å². The number of carbonyl (C=O) groups is 3. The third-order valence-electron chi connectivity index (χ3n) is 6.43. The molecule has 40 heavy (non-hydrogen) atoms. The lowest BCUT2D eigenvalue weighted by Gasteiger charge is -2.45. The zero-order valence-corrected chi connectivity index (χ0v) is 22.2. The monoisotopic (exact) mass is 586 g/mol. The Morgan fingerprint density at radius 1 is 1.23 bits per heavy atom. The summed E-state index contributed by atoms with van der Waals surface area (Å²) in [5.41, 5.74) is -0.185. The van der Waals surface area contributed by atoms with Crippen LogP contribution in [0.1, 0.15) is 49.0 Å². The Morgan fingerprint density at radius 2 is 1.88 bits per heavy atom. The quantitative estimate of drug-likeness (QED) is 0.377. The van der Waals surface area contributed by atoms with Crippen LogP contribution in [0.5, 0.6) is 0 Å². The number of carboxylic acid groups (broad SMARTS) is 1. The molecule has 2 aliphatic heterocycles.